The summed E-state index contributed by atoms with van der Waals surface area (Å²) in [5.41, 5.74) is 6.52. The highest BCUT2D eigenvalue weighted by Crippen LogP contribution is 2.22. The minimum atomic E-state index is -1.34. The molecule has 0 amide bonds. The fourth-order valence-corrected chi connectivity index (χ4v) is 1.80. The summed E-state index contributed by atoms with van der Waals surface area (Å²) in [6.45, 7) is 0. The topological polar surface area (TPSA) is 144 Å². The lowest BCUT2D eigenvalue weighted by atomic mass is 10.3. The van der Waals surface area contributed by atoms with Gasteiger partial charge in [-0.05, 0) is 12.1 Å². The zero-order valence-corrected chi connectivity index (χ0v) is 11.9. The minimum Gasteiger partial charge on any atom is -0.474 e. The van der Waals surface area contributed by atoms with Gasteiger partial charge in [0.2, 0.25) is 23.5 Å². The molecule has 0 aliphatic heterocycles. The fourth-order valence-electron chi connectivity index (χ4n) is 1.80. The van der Waals surface area contributed by atoms with Gasteiger partial charge in [-0.15, -0.1) is 0 Å². The largest absolute Gasteiger partial charge is 0.474 e. The lowest BCUT2D eigenvalue weighted by Gasteiger charge is -2.17. The van der Waals surface area contributed by atoms with Crippen LogP contribution in [-0.4, -0.2) is 43.2 Å². The van der Waals surface area contributed by atoms with Crippen molar-refractivity contribution in [3.05, 3.63) is 36.2 Å². The summed E-state index contributed by atoms with van der Waals surface area (Å²) < 4.78 is 4.59. The molecule has 0 saturated heterocycles. The number of hydrogen-bond donors (Lipinski definition) is 2. The molecule has 3 rings (SSSR count). The molecular formula is C13H11N7O3. The summed E-state index contributed by atoms with van der Waals surface area (Å²) in [5, 5.41) is 12.3. The number of rotatable bonds is 4. The second-order valence-corrected chi connectivity index (χ2v) is 4.44. The highest BCUT2D eigenvalue weighted by molar-refractivity contribution is 5.82. The second-order valence-electron chi connectivity index (χ2n) is 4.44. The molecule has 0 aliphatic rings. The molecule has 2 aromatic heterocycles. The molecule has 0 spiro atoms. The van der Waals surface area contributed by atoms with Crippen molar-refractivity contribution < 1.29 is 14.4 Å². The van der Waals surface area contributed by atoms with Crippen LogP contribution in [-0.2, 0) is 0 Å². The maximum absolute atomic E-state index is 10.8. The number of aromatic nitrogens is 5. The average Bonchev–Trinajstić information content (AvgIpc) is 3.05. The molecule has 2 heterocycles. The van der Waals surface area contributed by atoms with E-state index in [9.17, 15) is 4.79 Å². The number of benzene rings is 1. The van der Waals surface area contributed by atoms with Crippen molar-refractivity contribution in [3.8, 4) is 11.6 Å². The van der Waals surface area contributed by atoms with Crippen LogP contribution in [0.5, 0.6) is 0 Å². The number of carboxylic acids is 1. The molecule has 10 nitrogen and oxygen atoms in total. The number of nitrogen functional groups attached to an aromatic ring is 1. The highest BCUT2D eigenvalue weighted by atomic mass is 16.5. The Morgan fingerprint density at radius 1 is 1.13 bits per heavy atom. The van der Waals surface area contributed by atoms with E-state index in [2.05, 4.69) is 29.6 Å². The third kappa shape index (κ3) is 2.90. The number of nitrogens with zero attached hydrogens (tertiary/aromatic N) is 6. The van der Waals surface area contributed by atoms with Gasteiger partial charge in [-0.3, -0.25) is 0 Å². The highest BCUT2D eigenvalue weighted by Gasteiger charge is 2.19. The van der Waals surface area contributed by atoms with Crippen LogP contribution in [0.4, 0.5) is 17.6 Å². The predicted octanol–water partition coefficient (Wildman–Crippen LogP) is 0.970. The first-order valence-corrected chi connectivity index (χ1v) is 6.42. The summed E-state index contributed by atoms with van der Waals surface area (Å²) in [6.07, 6.45) is 0. The number of hydrogen-bond acceptors (Lipinski definition) is 9. The lowest BCUT2D eigenvalue weighted by Crippen LogP contribution is -2.15. The normalized spacial score (nSPS) is 10.5. The van der Waals surface area contributed by atoms with Crippen LogP contribution in [0.25, 0.3) is 11.6 Å². The van der Waals surface area contributed by atoms with Crippen molar-refractivity contribution in [2.75, 3.05) is 17.7 Å². The first kappa shape index (κ1) is 14.4. The third-order valence-electron chi connectivity index (χ3n) is 2.89. The van der Waals surface area contributed by atoms with E-state index in [0.717, 1.165) is 5.69 Å². The summed E-state index contributed by atoms with van der Waals surface area (Å²) in [7, 11) is 1.76. The van der Waals surface area contributed by atoms with Crippen LogP contribution < -0.4 is 10.6 Å². The Morgan fingerprint density at radius 2 is 1.87 bits per heavy atom. The third-order valence-corrected chi connectivity index (χ3v) is 2.89. The van der Waals surface area contributed by atoms with E-state index in [1.807, 2.05) is 30.3 Å². The molecule has 0 saturated carbocycles. The van der Waals surface area contributed by atoms with Crippen LogP contribution in [0.1, 0.15) is 10.7 Å². The van der Waals surface area contributed by atoms with E-state index in [1.54, 1.807) is 11.9 Å². The van der Waals surface area contributed by atoms with Crippen molar-refractivity contribution >= 4 is 23.6 Å². The molecule has 116 valence electrons. The van der Waals surface area contributed by atoms with Gasteiger partial charge in [0, 0.05) is 12.7 Å². The SMILES string of the molecule is CN(c1ccccc1)c1nc(N)nc(-c2noc(C(=O)O)n2)n1. The van der Waals surface area contributed by atoms with Gasteiger partial charge in [-0.1, -0.05) is 23.4 Å². The van der Waals surface area contributed by atoms with Crippen LogP contribution in [0.15, 0.2) is 34.9 Å². The van der Waals surface area contributed by atoms with E-state index < -0.39 is 11.9 Å². The Bertz CT molecular complexity index is 850. The summed E-state index contributed by atoms with van der Waals surface area (Å²) in [5.74, 6) is -1.75. The molecule has 0 radical (unpaired) electrons. The smallest absolute Gasteiger partial charge is 0.394 e. The second kappa shape index (κ2) is 5.67. The molecule has 1 aromatic carbocycles. The molecule has 3 N–H and O–H groups in total. The van der Waals surface area contributed by atoms with Gasteiger partial charge in [0.15, 0.2) is 0 Å². The fraction of sp³-hybridized carbons (Fsp3) is 0.0769. The van der Waals surface area contributed by atoms with E-state index in [4.69, 9.17) is 10.8 Å². The summed E-state index contributed by atoms with van der Waals surface area (Å²) in [4.78, 5) is 28.3. The first-order chi connectivity index (χ1) is 11.0. The maximum atomic E-state index is 10.8. The molecular weight excluding hydrogens is 302 g/mol. The van der Waals surface area contributed by atoms with Gasteiger partial charge in [-0.25, -0.2) is 4.79 Å². The number of aromatic carboxylic acids is 1. The Morgan fingerprint density at radius 3 is 2.52 bits per heavy atom. The molecule has 3 aromatic rings. The molecule has 0 fully saturated rings. The molecule has 0 bridgehead atoms. The number of carboxylic acid groups (broad SMARTS) is 1. The van der Waals surface area contributed by atoms with Crippen molar-refractivity contribution in [1.29, 1.82) is 0 Å². The van der Waals surface area contributed by atoms with Gasteiger partial charge in [0.1, 0.15) is 0 Å². The Kier molecular flexibility index (Phi) is 3.55. The molecule has 23 heavy (non-hydrogen) atoms. The van der Waals surface area contributed by atoms with E-state index in [1.165, 1.54) is 0 Å². The summed E-state index contributed by atoms with van der Waals surface area (Å²) >= 11 is 0. The van der Waals surface area contributed by atoms with E-state index >= 15 is 0 Å². The number of carbonyl (C=O) groups is 1. The zero-order chi connectivity index (χ0) is 16.4. The van der Waals surface area contributed by atoms with Gasteiger partial charge < -0.3 is 20.3 Å². The minimum absolute atomic E-state index is 0.0199. The molecule has 0 unspecified atom stereocenters. The van der Waals surface area contributed by atoms with Crippen molar-refractivity contribution in [3.63, 3.8) is 0 Å². The van der Waals surface area contributed by atoms with Crippen molar-refractivity contribution in [2.24, 2.45) is 0 Å². The average molecular weight is 313 g/mol. The van der Waals surface area contributed by atoms with E-state index in [0.29, 0.717) is 0 Å². The zero-order valence-electron chi connectivity index (χ0n) is 11.9. The molecule has 10 heteroatoms. The molecule has 0 aliphatic carbocycles. The van der Waals surface area contributed by atoms with Gasteiger partial charge in [-0.2, -0.15) is 19.9 Å². The van der Waals surface area contributed by atoms with Crippen molar-refractivity contribution in [2.45, 2.75) is 0 Å². The van der Waals surface area contributed by atoms with E-state index in [-0.39, 0.29) is 23.5 Å². The quantitative estimate of drug-likeness (QED) is 0.714. The van der Waals surface area contributed by atoms with Crippen molar-refractivity contribution in [1.82, 2.24) is 25.1 Å². The van der Waals surface area contributed by atoms with Crippen LogP contribution in [0.2, 0.25) is 0 Å². The first-order valence-electron chi connectivity index (χ1n) is 6.42. The van der Waals surface area contributed by atoms with Crippen LogP contribution >= 0.6 is 0 Å². The maximum Gasteiger partial charge on any atom is 0.394 e. The lowest BCUT2D eigenvalue weighted by molar-refractivity contribution is 0.0643. The number of nitrogens with two attached hydrogens (primary N) is 1. The summed E-state index contributed by atoms with van der Waals surface area (Å²) in [6, 6.07) is 9.37. The standard InChI is InChI=1S/C13H11N7O3/c1-20(7-5-3-2-4-6-7)13-17-8(16-12(14)18-13)9-15-10(11(21)22)23-19-9/h2-6H,1H3,(H,21,22)(H2,14,16,17,18). The Labute approximate surface area is 129 Å². The Hall–Kier alpha value is -3.56. The van der Waals surface area contributed by atoms with Gasteiger partial charge >= 0.3 is 11.9 Å². The monoisotopic (exact) mass is 313 g/mol. The number of para-hydroxylation sites is 1. The predicted molar refractivity (Wildman–Crippen MR) is 79.0 cm³/mol. The molecule has 0 atom stereocenters. The van der Waals surface area contributed by atoms with Crippen LogP contribution in [0, 0.1) is 0 Å². The number of anilines is 3. The van der Waals surface area contributed by atoms with Gasteiger partial charge in [0.05, 0.1) is 0 Å². The van der Waals surface area contributed by atoms with Crippen LogP contribution in [0.3, 0.4) is 0 Å². The Balaban J connectivity index is 2.00. The van der Waals surface area contributed by atoms with Gasteiger partial charge in [0.25, 0.3) is 0 Å².